The normalized spacial score (nSPS) is 11.7. The van der Waals surface area contributed by atoms with Crippen LogP contribution >= 0.6 is 23.4 Å². The molecular formula is C19H20ClNO3S. The van der Waals surface area contributed by atoms with Crippen LogP contribution in [0.5, 0.6) is 0 Å². The molecule has 1 atom stereocenters. The number of amides is 1. The van der Waals surface area contributed by atoms with E-state index in [1.165, 1.54) is 23.4 Å². The average molecular weight is 378 g/mol. The summed E-state index contributed by atoms with van der Waals surface area (Å²) in [6, 6.07) is 12.8. The highest BCUT2D eigenvalue weighted by atomic mass is 35.5. The molecule has 0 saturated carbocycles. The fourth-order valence-electron chi connectivity index (χ4n) is 2.09. The zero-order chi connectivity index (χ0) is 18.4. The van der Waals surface area contributed by atoms with Gasteiger partial charge in [-0.25, -0.2) is 4.79 Å². The van der Waals surface area contributed by atoms with E-state index in [-0.39, 0.29) is 23.3 Å². The van der Waals surface area contributed by atoms with Crippen molar-refractivity contribution < 1.29 is 14.3 Å². The van der Waals surface area contributed by atoms with E-state index >= 15 is 0 Å². The van der Waals surface area contributed by atoms with Crippen LogP contribution in [0.1, 0.15) is 29.8 Å². The molecule has 0 aliphatic rings. The minimum Gasteiger partial charge on any atom is -0.462 e. The molecule has 2 aromatic rings. The van der Waals surface area contributed by atoms with Gasteiger partial charge in [0, 0.05) is 10.6 Å². The van der Waals surface area contributed by atoms with Gasteiger partial charge in [0.2, 0.25) is 5.91 Å². The molecule has 1 amide bonds. The van der Waals surface area contributed by atoms with Gasteiger partial charge in [0.15, 0.2) is 0 Å². The lowest BCUT2D eigenvalue weighted by Crippen LogP contribution is -2.22. The first kappa shape index (κ1) is 19.3. The number of hydrogen-bond donors (Lipinski definition) is 1. The SMILES string of the molecule is CCOC(=O)c1cc(NC(=O)[C@@H](C)Sc2ccc(C)cc2)ccc1Cl. The second kappa shape index (κ2) is 8.92. The summed E-state index contributed by atoms with van der Waals surface area (Å²) in [5.74, 6) is -0.659. The van der Waals surface area contributed by atoms with Crippen LogP contribution in [0, 0.1) is 6.92 Å². The first-order chi connectivity index (χ1) is 11.9. The third-order valence-electron chi connectivity index (χ3n) is 3.43. The molecule has 132 valence electrons. The Bertz CT molecular complexity index is 762. The molecular weight excluding hydrogens is 358 g/mol. The van der Waals surface area contributed by atoms with Crippen LogP contribution in [0.3, 0.4) is 0 Å². The minimum atomic E-state index is -0.509. The number of benzene rings is 2. The van der Waals surface area contributed by atoms with Gasteiger partial charge in [-0.15, -0.1) is 11.8 Å². The van der Waals surface area contributed by atoms with E-state index in [1.54, 1.807) is 19.1 Å². The second-order valence-corrected chi connectivity index (χ2v) is 7.30. The molecule has 1 N–H and O–H groups in total. The largest absolute Gasteiger partial charge is 0.462 e. The highest BCUT2D eigenvalue weighted by molar-refractivity contribution is 8.00. The molecule has 0 unspecified atom stereocenters. The number of hydrogen-bond acceptors (Lipinski definition) is 4. The molecule has 0 spiro atoms. The van der Waals surface area contributed by atoms with Gasteiger partial charge in [-0.3, -0.25) is 4.79 Å². The van der Waals surface area contributed by atoms with Crippen LogP contribution in [0.15, 0.2) is 47.4 Å². The van der Waals surface area contributed by atoms with Crippen LogP contribution in [-0.4, -0.2) is 23.7 Å². The summed E-state index contributed by atoms with van der Waals surface area (Å²) < 4.78 is 4.96. The molecule has 0 heterocycles. The summed E-state index contributed by atoms with van der Waals surface area (Å²) in [4.78, 5) is 25.3. The van der Waals surface area contributed by atoms with Gasteiger partial charge < -0.3 is 10.1 Å². The number of anilines is 1. The van der Waals surface area contributed by atoms with E-state index in [2.05, 4.69) is 5.32 Å². The Morgan fingerprint density at radius 3 is 2.52 bits per heavy atom. The van der Waals surface area contributed by atoms with Gasteiger partial charge in [0.1, 0.15) is 0 Å². The van der Waals surface area contributed by atoms with Crippen LogP contribution < -0.4 is 5.32 Å². The van der Waals surface area contributed by atoms with Crippen molar-refractivity contribution in [2.24, 2.45) is 0 Å². The zero-order valence-corrected chi connectivity index (χ0v) is 15.9. The molecule has 2 aromatic carbocycles. The summed E-state index contributed by atoms with van der Waals surface area (Å²) in [6.07, 6.45) is 0. The number of aryl methyl sites for hydroxylation is 1. The van der Waals surface area contributed by atoms with Crippen molar-refractivity contribution in [3.05, 3.63) is 58.6 Å². The summed E-state index contributed by atoms with van der Waals surface area (Å²) >= 11 is 7.50. The van der Waals surface area contributed by atoms with E-state index in [9.17, 15) is 9.59 Å². The van der Waals surface area contributed by atoms with E-state index in [1.807, 2.05) is 38.1 Å². The molecule has 0 fully saturated rings. The number of nitrogens with one attached hydrogen (secondary N) is 1. The average Bonchev–Trinajstić information content (AvgIpc) is 2.58. The molecule has 0 saturated heterocycles. The van der Waals surface area contributed by atoms with Crippen molar-refractivity contribution >= 4 is 40.9 Å². The number of rotatable bonds is 6. The quantitative estimate of drug-likeness (QED) is 0.572. The van der Waals surface area contributed by atoms with Crippen molar-refractivity contribution in [1.29, 1.82) is 0 Å². The molecule has 2 rings (SSSR count). The second-order valence-electron chi connectivity index (χ2n) is 5.48. The fourth-order valence-corrected chi connectivity index (χ4v) is 3.15. The summed E-state index contributed by atoms with van der Waals surface area (Å²) in [7, 11) is 0. The maximum Gasteiger partial charge on any atom is 0.339 e. The fraction of sp³-hybridized carbons (Fsp3) is 0.263. The van der Waals surface area contributed by atoms with Crippen LogP contribution in [0.4, 0.5) is 5.69 Å². The van der Waals surface area contributed by atoms with Crippen molar-refractivity contribution in [2.45, 2.75) is 30.9 Å². The monoisotopic (exact) mass is 377 g/mol. The van der Waals surface area contributed by atoms with Gasteiger partial charge in [0.05, 0.1) is 22.4 Å². The number of ether oxygens (including phenoxy) is 1. The molecule has 0 aromatic heterocycles. The van der Waals surface area contributed by atoms with E-state index in [4.69, 9.17) is 16.3 Å². The molecule has 0 radical (unpaired) electrons. The topological polar surface area (TPSA) is 55.4 Å². The Labute approximate surface area is 156 Å². The number of halogens is 1. The predicted molar refractivity (Wildman–Crippen MR) is 103 cm³/mol. The number of carbonyl (C=O) groups excluding carboxylic acids is 2. The van der Waals surface area contributed by atoms with Gasteiger partial charge >= 0.3 is 5.97 Å². The number of carbonyl (C=O) groups is 2. The first-order valence-electron chi connectivity index (χ1n) is 7.91. The summed E-state index contributed by atoms with van der Waals surface area (Å²) in [6.45, 7) is 5.84. The Morgan fingerprint density at radius 2 is 1.88 bits per heavy atom. The molecule has 0 aliphatic carbocycles. The van der Waals surface area contributed by atoms with Crippen LogP contribution in [-0.2, 0) is 9.53 Å². The van der Waals surface area contributed by atoms with E-state index in [0.717, 1.165) is 4.90 Å². The standard InChI is InChI=1S/C19H20ClNO3S/c1-4-24-19(23)16-11-14(7-10-17(16)20)21-18(22)13(3)25-15-8-5-12(2)6-9-15/h5-11,13H,4H2,1-3H3,(H,21,22)/t13-/m1/s1. The van der Waals surface area contributed by atoms with Crippen molar-refractivity contribution in [3.8, 4) is 0 Å². The maximum atomic E-state index is 12.4. The number of thioether (sulfide) groups is 1. The summed E-state index contributed by atoms with van der Waals surface area (Å²) in [5.41, 5.74) is 1.92. The predicted octanol–water partition coefficient (Wildman–Crippen LogP) is 4.94. The molecule has 4 nitrogen and oxygen atoms in total. The Kier molecular flexibility index (Phi) is 6.91. The smallest absolute Gasteiger partial charge is 0.339 e. The maximum absolute atomic E-state index is 12.4. The molecule has 6 heteroatoms. The lowest BCUT2D eigenvalue weighted by molar-refractivity contribution is -0.115. The van der Waals surface area contributed by atoms with Crippen molar-refractivity contribution in [1.82, 2.24) is 0 Å². The first-order valence-corrected chi connectivity index (χ1v) is 9.17. The van der Waals surface area contributed by atoms with Gasteiger partial charge in [-0.1, -0.05) is 29.3 Å². The van der Waals surface area contributed by atoms with Gasteiger partial charge in [-0.05, 0) is 51.1 Å². The highest BCUT2D eigenvalue weighted by Gasteiger charge is 2.17. The minimum absolute atomic E-state index is 0.150. The lowest BCUT2D eigenvalue weighted by atomic mass is 10.2. The molecule has 0 bridgehead atoms. The van der Waals surface area contributed by atoms with E-state index < -0.39 is 5.97 Å². The third kappa shape index (κ3) is 5.51. The summed E-state index contributed by atoms with van der Waals surface area (Å²) in [5, 5.41) is 2.81. The van der Waals surface area contributed by atoms with Crippen LogP contribution in [0.25, 0.3) is 0 Å². The van der Waals surface area contributed by atoms with Gasteiger partial charge in [-0.2, -0.15) is 0 Å². The van der Waals surface area contributed by atoms with Gasteiger partial charge in [0.25, 0.3) is 0 Å². The van der Waals surface area contributed by atoms with E-state index in [0.29, 0.717) is 10.7 Å². The van der Waals surface area contributed by atoms with Crippen molar-refractivity contribution in [3.63, 3.8) is 0 Å². The third-order valence-corrected chi connectivity index (χ3v) is 4.87. The highest BCUT2D eigenvalue weighted by Crippen LogP contribution is 2.26. The number of esters is 1. The molecule has 0 aliphatic heterocycles. The zero-order valence-electron chi connectivity index (χ0n) is 14.3. The molecule has 25 heavy (non-hydrogen) atoms. The lowest BCUT2D eigenvalue weighted by Gasteiger charge is -2.13. The Balaban J connectivity index is 2.05. The van der Waals surface area contributed by atoms with Crippen LogP contribution in [0.2, 0.25) is 5.02 Å². The Morgan fingerprint density at radius 1 is 1.20 bits per heavy atom. The Hall–Kier alpha value is -1.98. The van der Waals surface area contributed by atoms with Crippen molar-refractivity contribution in [2.75, 3.05) is 11.9 Å².